The SMILES string of the molecule is COc1ccc(N2CC(C(=O)N(C)C3CCNCC3)CC2=O)cc1.Cl. The van der Waals surface area contributed by atoms with Gasteiger partial charge in [-0.05, 0) is 50.2 Å². The van der Waals surface area contributed by atoms with Crippen LogP contribution < -0.4 is 15.0 Å². The number of amides is 2. The summed E-state index contributed by atoms with van der Waals surface area (Å²) in [7, 11) is 3.49. The number of hydrogen-bond donors (Lipinski definition) is 1. The third-order valence-electron chi connectivity index (χ3n) is 5.06. The molecule has 1 aromatic rings. The van der Waals surface area contributed by atoms with Crippen molar-refractivity contribution in [2.75, 3.05) is 38.7 Å². The number of carbonyl (C=O) groups excluding carboxylic acids is 2. The molecule has 0 radical (unpaired) electrons. The number of carbonyl (C=O) groups is 2. The molecule has 0 aromatic heterocycles. The summed E-state index contributed by atoms with van der Waals surface area (Å²) in [6.45, 7) is 2.35. The zero-order valence-corrected chi connectivity index (χ0v) is 15.6. The summed E-state index contributed by atoms with van der Waals surface area (Å²) in [5.74, 6) is 0.603. The normalized spacial score (nSPS) is 21.0. The van der Waals surface area contributed by atoms with Gasteiger partial charge in [0.2, 0.25) is 11.8 Å². The molecule has 0 saturated carbocycles. The molecule has 2 heterocycles. The van der Waals surface area contributed by atoms with E-state index in [1.807, 2.05) is 36.2 Å². The Morgan fingerprint density at radius 1 is 1.24 bits per heavy atom. The summed E-state index contributed by atoms with van der Waals surface area (Å²) in [5, 5.41) is 3.31. The lowest BCUT2D eigenvalue weighted by molar-refractivity contribution is -0.137. The number of piperidine rings is 1. The van der Waals surface area contributed by atoms with Crippen molar-refractivity contribution in [3.05, 3.63) is 24.3 Å². The van der Waals surface area contributed by atoms with E-state index in [1.54, 1.807) is 12.0 Å². The van der Waals surface area contributed by atoms with Crippen molar-refractivity contribution in [1.29, 1.82) is 0 Å². The summed E-state index contributed by atoms with van der Waals surface area (Å²) < 4.78 is 5.15. The fourth-order valence-electron chi connectivity index (χ4n) is 3.55. The minimum Gasteiger partial charge on any atom is -0.497 e. The molecule has 0 aliphatic carbocycles. The average molecular weight is 368 g/mol. The predicted molar refractivity (Wildman–Crippen MR) is 99.4 cm³/mol. The van der Waals surface area contributed by atoms with Gasteiger partial charge in [-0.1, -0.05) is 0 Å². The number of methoxy groups -OCH3 is 1. The maximum absolute atomic E-state index is 12.8. The van der Waals surface area contributed by atoms with E-state index in [4.69, 9.17) is 4.74 Å². The lowest BCUT2D eigenvalue weighted by atomic mass is 10.0. The molecule has 2 aliphatic heterocycles. The van der Waals surface area contributed by atoms with Crippen molar-refractivity contribution < 1.29 is 14.3 Å². The van der Waals surface area contributed by atoms with Gasteiger partial charge in [0.05, 0.1) is 13.0 Å². The maximum Gasteiger partial charge on any atom is 0.228 e. The number of halogens is 1. The van der Waals surface area contributed by atoms with Gasteiger partial charge >= 0.3 is 0 Å². The van der Waals surface area contributed by atoms with Crippen LogP contribution in [0.25, 0.3) is 0 Å². The van der Waals surface area contributed by atoms with Gasteiger partial charge in [-0.2, -0.15) is 0 Å². The van der Waals surface area contributed by atoms with Gasteiger partial charge in [0.15, 0.2) is 0 Å². The van der Waals surface area contributed by atoms with Crippen molar-refractivity contribution in [3.8, 4) is 5.75 Å². The quantitative estimate of drug-likeness (QED) is 0.879. The van der Waals surface area contributed by atoms with Crippen LogP contribution in [0.2, 0.25) is 0 Å². The Balaban J connectivity index is 0.00000225. The minimum absolute atomic E-state index is 0. The van der Waals surface area contributed by atoms with Crippen LogP contribution in [0.4, 0.5) is 5.69 Å². The van der Waals surface area contributed by atoms with Crippen LogP contribution in [0.3, 0.4) is 0 Å². The van der Waals surface area contributed by atoms with Crippen LogP contribution in [-0.2, 0) is 9.59 Å². The van der Waals surface area contributed by atoms with E-state index < -0.39 is 0 Å². The van der Waals surface area contributed by atoms with Gasteiger partial charge in [-0.15, -0.1) is 12.4 Å². The van der Waals surface area contributed by atoms with Crippen molar-refractivity contribution in [2.24, 2.45) is 5.92 Å². The summed E-state index contributed by atoms with van der Waals surface area (Å²) in [4.78, 5) is 28.7. The number of rotatable bonds is 4. The third kappa shape index (κ3) is 4.25. The van der Waals surface area contributed by atoms with Crippen molar-refractivity contribution >= 4 is 29.9 Å². The number of hydrogen-bond acceptors (Lipinski definition) is 4. The fraction of sp³-hybridized carbons (Fsp3) is 0.556. The molecule has 7 heteroatoms. The molecule has 6 nitrogen and oxygen atoms in total. The molecule has 3 rings (SSSR count). The molecule has 1 unspecified atom stereocenters. The van der Waals surface area contributed by atoms with Crippen LogP contribution in [0, 0.1) is 5.92 Å². The number of nitrogens with zero attached hydrogens (tertiary/aromatic N) is 2. The largest absolute Gasteiger partial charge is 0.497 e. The molecule has 1 N–H and O–H groups in total. The first-order valence-corrected chi connectivity index (χ1v) is 8.52. The third-order valence-corrected chi connectivity index (χ3v) is 5.06. The van der Waals surface area contributed by atoms with Gasteiger partial charge < -0.3 is 19.9 Å². The van der Waals surface area contributed by atoms with E-state index in [9.17, 15) is 9.59 Å². The summed E-state index contributed by atoms with van der Waals surface area (Å²) in [6.07, 6.45) is 2.25. The van der Waals surface area contributed by atoms with Crippen molar-refractivity contribution in [2.45, 2.75) is 25.3 Å². The van der Waals surface area contributed by atoms with Crippen LogP contribution in [-0.4, -0.2) is 56.5 Å². The smallest absolute Gasteiger partial charge is 0.228 e. The highest BCUT2D eigenvalue weighted by Crippen LogP contribution is 2.28. The number of ether oxygens (including phenoxy) is 1. The minimum atomic E-state index is -0.250. The Bertz CT molecular complexity index is 602. The second-order valence-electron chi connectivity index (χ2n) is 6.53. The van der Waals surface area contributed by atoms with Crippen molar-refractivity contribution in [1.82, 2.24) is 10.2 Å². The first kappa shape index (κ1) is 19.5. The number of anilines is 1. The highest BCUT2D eigenvalue weighted by molar-refractivity contribution is 6.00. The first-order chi connectivity index (χ1) is 11.6. The topological polar surface area (TPSA) is 61.9 Å². The molecule has 138 valence electrons. The zero-order chi connectivity index (χ0) is 17.1. The maximum atomic E-state index is 12.8. The van der Waals surface area contributed by atoms with E-state index in [2.05, 4.69) is 5.32 Å². The van der Waals surface area contributed by atoms with Crippen LogP contribution in [0.1, 0.15) is 19.3 Å². The Labute approximate surface area is 154 Å². The van der Waals surface area contributed by atoms with E-state index >= 15 is 0 Å². The lowest BCUT2D eigenvalue weighted by Gasteiger charge is -2.33. The highest BCUT2D eigenvalue weighted by Gasteiger charge is 2.38. The van der Waals surface area contributed by atoms with E-state index in [1.165, 1.54) is 0 Å². The first-order valence-electron chi connectivity index (χ1n) is 8.52. The van der Waals surface area contributed by atoms with Crippen LogP contribution in [0.5, 0.6) is 5.75 Å². The fourth-order valence-corrected chi connectivity index (χ4v) is 3.55. The Morgan fingerprint density at radius 3 is 2.48 bits per heavy atom. The van der Waals surface area contributed by atoms with Gasteiger partial charge in [-0.3, -0.25) is 9.59 Å². The molecule has 2 fully saturated rings. The molecule has 2 amide bonds. The van der Waals surface area contributed by atoms with E-state index in [0.717, 1.165) is 37.4 Å². The molecule has 1 atom stereocenters. The molecule has 2 saturated heterocycles. The average Bonchev–Trinajstić information content (AvgIpc) is 3.03. The van der Waals surface area contributed by atoms with Crippen molar-refractivity contribution in [3.63, 3.8) is 0 Å². The van der Waals surface area contributed by atoms with Gasteiger partial charge in [-0.25, -0.2) is 0 Å². The molecular weight excluding hydrogens is 342 g/mol. The highest BCUT2D eigenvalue weighted by atomic mass is 35.5. The lowest BCUT2D eigenvalue weighted by Crippen LogP contribution is -2.46. The second kappa shape index (κ2) is 8.54. The Morgan fingerprint density at radius 2 is 1.88 bits per heavy atom. The molecular formula is C18H26ClN3O3. The standard InChI is InChI=1S/C18H25N3O3.ClH/c1-20(14-7-9-19-10-8-14)18(23)13-11-17(22)21(12-13)15-3-5-16(24-2)6-4-15;/h3-6,13-14,19H,7-12H2,1-2H3;1H. The van der Waals surface area contributed by atoms with Crippen LogP contribution >= 0.6 is 12.4 Å². The number of nitrogens with one attached hydrogen (secondary N) is 1. The summed E-state index contributed by atoms with van der Waals surface area (Å²) in [6, 6.07) is 7.67. The predicted octanol–water partition coefficient (Wildman–Crippen LogP) is 1.68. The monoisotopic (exact) mass is 367 g/mol. The molecule has 25 heavy (non-hydrogen) atoms. The summed E-state index contributed by atoms with van der Waals surface area (Å²) in [5.41, 5.74) is 0.820. The van der Waals surface area contributed by atoms with Gasteiger partial charge in [0.25, 0.3) is 0 Å². The summed E-state index contributed by atoms with van der Waals surface area (Å²) >= 11 is 0. The van der Waals surface area contributed by atoms with E-state index in [-0.39, 0.29) is 36.2 Å². The second-order valence-corrected chi connectivity index (χ2v) is 6.53. The van der Waals surface area contributed by atoms with Gasteiger partial charge in [0, 0.05) is 31.7 Å². The Kier molecular flexibility index (Phi) is 6.67. The zero-order valence-electron chi connectivity index (χ0n) is 14.7. The molecule has 2 aliphatic rings. The molecule has 1 aromatic carbocycles. The van der Waals surface area contributed by atoms with E-state index in [0.29, 0.717) is 13.0 Å². The molecule has 0 bridgehead atoms. The van der Waals surface area contributed by atoms with Gasteiger partial charge in [0.1, 0.15) is 5.75 Å². The molecule has 0 spiro atoms. The van der Waals surface area contributed by atoms with Crippen LogP contribution in [0.15, 0.2) is 24.3 Å². The number of benzene rings is 1. The Hall–Kier alpha value is -1.79.